The summed E-state index contributed by atoms with van der Waals surface area (Å²) in [6, 6.07) is 1.39. The number of hydrogen-bond donors (Lipinski definition) is 3. The number of quaternary nitrogens is 1. The van der Waals surface area contributed by atoms with Crippen molar-refractivity contribution in [1.82, 2.24) is 10.7 Å². The van der Waals surface area contributed by atoms with E-state index in [9.17, 15) is 0 Å². The molecular weight excluding hydrogens is 202 g/mol. The predicted octanol–water partition coefficient (Wildman–Crippen LogP) is 0.0425. The summed E-state index contributed by atoms with van der Waals surface area (Å²) < 4.78 is 1.08. The SMILES string of the molecule is C[N+](C)(C)C1CCC(NC=NCNN)CC1. The monoisotopic (exact) mass is 228 g/mol. The fourth-order valence-corrected chi connectivity index (χ4v) is 2.27. The number of rotatable bonds is 5. The molecule has 0 aromatic heterocycles. The maximum atomic E-state index is 5.12. The van der Waals surface area contributed by atoms with E-state index in [1.165, 1.54) is 25.7 Å². The first-order valence-corrected chi connectivity index (χ1v) is 6.03. The molecular formula is C11H26N5+. The first-order valence-electron chi connectivity index (χ1n) is 6.03. The summed E-state index contributed by atoms with van der Waals surface area (Å²) >= 11 is 0. The van der Waals surface area contributed by atoms with Gasteiger partial charge in [-0.15, -0.1) is 0 Å². The summed E-state index contributed by atoms with van der Waals surface area (Å²) in [6.45, 7) is 0.473. The van der Waals surface area contributed by atoms with Crippen molar-refractivity contribution in [2.24, 2.45) is 10.8 Å². The molecule has 0 aromatic rings. The Morgan fingerprint density at radius 2 is 1.88 bits per heavy atom. The zero-order chi connectivity index (χ0) is 12.0. The van der Waals surface area contributed by atoms with Crippen molar-refractivity contribution in [1.29, 1.82) is 0 Å². The summed E-state index contributed by atoms with van der Waals surface area (Å²) in [4.78, 5) is 4.08. The van der Waals surface area contributed by atoms with Gasteiger partial charge >= 0.3 is 0 Å². The van der Waals surface area contributed by atoms with Crippen LogP contribution in [0.2, 0.25) is 0 Å². The van der Waals surface area contributed by atoms with Crippen LogP contribution in [0.1, 0.15) is 25.7 Å². The molecule has 0 bridgehead atoms. The fourth-order valence-electron chi connectivity index (χ4n) is 2.27. The third-order valence-corrected chi connectivity index (χ3v) is 3.38. The second kappa shape index (κ2) is 6.18. The van der Waals surface area contributed by atoms with Gasteiger partial charge in [-0.25, -0.2) is 5.43 Å². The maximum Gasteiger partial charge on any atom is 0.102 e. The van der Waals surface area contributed by atoms with Crippen LogP contribution in [0.3, 0.4) is 0 Å². The normalized spacial score (nSPS) is 27.2. The minimum absolute atomic E-state index is 0.473. The number of aliphatic imine (C=N–C) groups is 1. The van der Waals surface area contributed by atoms with Gasteiger partial charge in [0, 0.05) is 18.9 Å². The molecule has 0 atom stereocenters. The van der Waals surface area contributed by atoms with Crippen molar-refractivity contribution in [3.05, 3.63) is 0 Å². The van der Waals surface area contributed by atoms with Crippen LogP contribution in [0.15, 0.2) is 4.99 Å². The number of nitrogens with one attached hydrogen (secondary N) is 2. The van der Waals surface area contributed by atoms with Crippen molar-refractivity contribution in [3.8, 4) is 0 Å². The van der Waals surface area contributed by atoms with Crippen molar-refractivity contribution in [2.75, 3.05) is 27.8 Å². The lowest BCUT2D eigenvalue weighted by Crippen LogP contribution is -2.48. The van der Waals surface area contributed by atoms with E-state index in [0.29, 0.717) is 12.7 Å². The van der Waals surface area contributed by atoms with Crippen molar-refractivity contribution in [2.45, 2.75) is 37.8 Å². The van der Waals surface area contributed by atoms with Gasteiger partial charge in [0.25, 0.3) is 0 Å². The summed E-state index contributed by atoms with van der Waals surface area (Å²) in [6.07, 6.45) is 6.84. The highest BCUT2D eigenvalue weighted by molar-refractivity contribution is 5.54. The Morgan fingerprint density at radius 1 is 1.25 bits per heavy atom. The highest BCUT2D eigenvalue weighted by Crippen LogP contribution is 2.24. The van der Waals surface area contributed by atoms with Gasteiger partial charge in [-0.3, -0.25) is 10.8 Å². The molecule has 0 radical (unpaired) electrons. The van der Waals surface area contributed by atoms with E-state index in [1.54, 1.807) is 6.34 Å². The molecule has 4 N–H and O–H groups in total. The van der Waals surface area contributed by atoms with Crippen LogP contribution in [0.4, 0.5) is 0 Å². The first kappa shape index (κ1) is 13.4. The largest absolute Gasteiger partial charge is 0.374 e. The van der Waals surface area contributed by atoms with Crippen LogP contribution in [-0.2, 0) is 0 Å². The molecule has 1 fully saturated rings. The van der Waals surface area contributed by atoms with Gasteiger partial charge in [-0.1, -0.05) is 0 Å². The average molecular weight is 228 g/mol. The molecule has 5 nitrogen and oxygen atoms in total. The maximum absolute atomic E-state index is 5.12. The molecule has 0 unspecified atom stereocenters. The topological polar surface area (TPSA) is 62.4 Å². The number of nitrogens with zero attached hydrogens (tertiary/aromatic N) is 2. The Bertz CT molecular complexity index is 213. The molecule has 1 aliphatic rings. The minimum Gasteiger partial charge on any atom is -0.374 e. The lowest BCUT2D eigenvalue weighted by molar-refractivity contribution is -0.897. The predicted molar refractivity (Wildman–Crippen MR) is 67.9 cm³/mol. The molecule has 0 amide bonds. The van der Waals surface area contributed by atoms with E-state index in [-0.39, 0.29) is 0 Å². The highest BCUT2D eigenvalue weighted by Gasteiger charge is 2.29. The van der Waals surface area contributed by atoms with E-state index in [1.807, 2.05) is 0 Å². The molecule has 1 rings (SSSR count). The Labute approximate surface area is 98.7 Å². The second-order valence-corrected chi connectivity index (χ2v) is 5.46. The van der Waals surface area contributed by atoms with Gasteiger partial charge in [0.15, 0.2) is 0 Å². The van der Waals surface area contributed by atoms with Crippen LogP contribution >= 0.6 is 0 Å². The summed E-state index contributed by atoms with van der Waals surface area (Å²) in [5.41, 5.74) is 2.49. The Hall–Kier alpha value is -0.650. The summed E-state index contributed by atoms with van der Waals surface area (Å²) in [5.74, 6) is 5.12. The molecule has 0 aliphatic heterocycles. The molecule has 94 valence electrons. The highest BCUT2D eigenvalue weighted by atomic mass is 15.3. The molecule has 0 spiro atoms. The van der Waals surface area contributed by atoms with Crippen LogP contribution in [0.5, 0.6) is 0 Å². The molecule has 0 heterocycles. The van der Waals surface area contributed by atoms with E-state index >= 15 is 0 Å². The quantitative estimate of drug-likeness (QED) is 0.205. The summed E-state index contributed by atoms with van der Waals surface area (Å²) in [7, 11) is 6.85. The van der Waals surface area contributed by atoms with Gasteiger partial charge in [0.2, 0.25) is 0 Å². The lowest BCUT2D eigenvalue weighted by Gasteiger charge is -2.38. The van der Waals surface area contributed by atoms with Crippen LogP contribution in [0, 0.1) is 0 Å². The van der Waals surface area contributed by atoms with E-state index < -0.39 is 0 Å². The van der Waals surface area contributed by atoms with Crippen LogP contribution in [-0.4, -0.2) is 50.7 Å². The molecule has 0 aromatic carbocycles. The van der Waals surface area contributed by atoms with Crippen molar-refractivity contribution >= 4 is 6.34 Å². The average Bonchev–Trinajstić information content (AvgIpc) is 2.24. The molecule has 16 heavy (non-hydrogen) atoms. The minimum atomic E-state index is 0.473. The smallest absolute Gasteiger partial charge is 0.102 e. The third kappa shape index (κ3) is 4.47. The first-order chi connectivity index (χ1) is 7.54. The van der Waals surface area contributed by atoms with Crippen molar-refractivity contribution < 1.29 is 4.48 Å². The summed E-state index contributed by atoms with van der Waals surface area (Å²) in [5, 5.41) is 3.33. The number of nitrogens with two attached hydrogens (primary N) is 1. The molecule has 1 aliphatic carbocycles. The lowest BCUT2D eigenvalue weighted by atomic mass is 9.90. The zero-order valence-electron chi connectivity index (χ0n) is 10.7. The molecule has 0 saturated heterocycles. The molecule has 5 heteroatoms. The van der Waals surface area contributed by atoms with E-state index in [2.05, 4.69) is 36.9 Å². The number of hydrazine groups is 1. The second-order valence-electron chi connectivity index (χ2n) is 5.46. The van der Waals surface area contributed by atoms with Gasteiger partial charge in [0.05, 0.1) is 33.5 Å². The van der Waals surface area contributed by atoms with Crippen LogP contribution < -0.4 is 16.6 Å². The van der Waals surface area contributed by atoms with Gasteiger partial charge in [0.1, 0.15) is 6.67 Å². The van der Waals surface area contributed by atoms with Crippen LogP contribution in [0.25, 0.3) is 0 Å². The Kier molecular flexibility index (Phi) is 5.18. The Morgan fingerprint density at radius 3 is 2.38 bits per heavy atom. The number of hydrogen-bond acceptors (Lipinski definition) is 3. The van der Waals surface area contributed by atoms with Crippen molar-refractivity contribution in [3.63, 3.8) is 0 Å². The van der Waals surface area contributed by atoms with Gasteiger partial charge in [-0.05, 0) is 12.8 Å². The Balaban J connectivity index is 2.22. The zero-order valence-corrected chi connectivity index (χ0v) is 10.7. The van der Waals surface area contributed by atoms with E-state index in [0.717, 1.165) is 10.5 Å². The fraction of sp³-hybridized carbons (Fsp3) is 0.909. The van der Waals surface area contributed by atoms with Gasteiger partial charge < -0.3 is 9.80 Å². The standard InChI is InChI=1S/C11H26N5/c1-16(2,3)11-6-4-10(5-7-11)14-8-13-9-15-12/h8,10-11,15H,4-7,9,12H2,1-3H3,(H,13,14)/q+1. The van der Waals surface area contributed by atoms with Gasteiger partial charge in [-0.2, -0.15) is 0 Å². The molecule has 1 saturated carbocycles. The third-order valence-electron chi connectivity index (χ3n) is 3.38. The van der Waals surface area contributed by atoms with E-state index in [4.69, 9.17) is 5.84 Å².